The van der Waals surface area contributed by atoms with E-state index in [2.05, 4.69) is 41.1 Å². The Hall–Kier alpha value is -4.92. The van der Waals surface area contributed by atoms with E-state index in [1.54, 1.807) is 27.7 Å². The first kappa shape index (κ1) is 46.2. The number of carboxylic acid groups (broad SMARTS) is 1. The average molecular weight is 799 g/mol. The van der Waals surface area contributed by atoms with Crippen LogP contribution in [0, 0.1) is 11.8 Å². The van der Waals surface area contributed by atoms with Crippen LogP contribution in [0.15, 0.2) is 36.8 Å². The molecule has 7 atom stereocenters. The predicted octanol–water partition coefficient (Wildman–Crippen LogP) is -2.42. The zero-order valence-electron chi connectivity index (χ0n) is 31.0. The van der Waals surface area contributed by atoms with Gasteiger partial charge in [0.25, 0.3) is 0 Å². The first-order valence-electron chi connectivity index (χ1n) is 17.2. The quantitative estimate of drug-likeness (QED) is 0.0552. The third-order valence-corrected chi connectivity index (χ3v) is 8.45. The summed E-state index contributed by atoms with van der Waals surface area (Å²) in [5.74, 6) is -6.91. The molecule has 1 aromatic heterocycles. The van der Waals surface area contributed by atoms with E-state index in [1.807, 2.05) is 0 Å². The molecule has 55 heavy (non-hydrogen) atoms. The summed E-state index contributed by atoms with van der Waals surface area (Å²) >= 11 is 0. The van der Waals surface area contributed by atoms with Gasteiger partial charge < -0.3 is 57.1 Å². The van der Waals surface area contributed by atoms with Crippen LogP contribution in [-0.2, 0) is 46.2 Å². The van der Waals surface area contributed by atoms with Crippen LogP contribution in [0.4, 0.5) is 0 Å². The van der Waals surface area contributed by atoms with Crippen molar-refractivity contribution in [1.29, 1.82) is 0 Å². The first-order valence-corrected chi connectivity index (χ1v) is 18.7. The molecule has 5 amide bonds. The summed E-state index contributed by atoms with van der Waals surface area (Å²) in [5, 5.41) is 42.0. The monoisotopic (exact) mass is 798 g/mol. The molecule has 1 heterocycles. The molecular weight excluding hydrogens is 747 g/mol. The van der Waals surface area contributed by atoms with Crippen LogP contribution < -0.4 is 36.8 Å². The van der Waals surface area contributed by atoms with Crippen molar-refractivity contribution in [3.05, 3.63) is 48.0 Å². The predicted molar refractivity (Wildman–Crippen MR) is 193 cm³/mol. The van der Waals surface area contributed by atoms with Crippen molar-refractivity contribution in [3.8, 4) is 5.75 Å². The van der Waals surface area contributed by atoms with Gasteiger partial charge in [-0.15, -0.1) is 0 Å². The number of phosphoric acid groups is 1. The van der Waals surface area contributed by atoms with Crippen molar-refractivity contribution in [2.24, 2.45) is 17.6 Å². The fourth-order valence-electron chi connectivity index (χ4n) is 5.13. The lowest BCUT2D eigenvalue weighted by Crippen LogP contribution is -2.62. The molecule has 0 spiro atoms. The van der Waals surface area contributed by atoms with Gasteiger partial charge in [-0.05, 0) is 42.9 Å². The van der Waals surface area contributed by atoms with Crippen LogP contribution in [0.5, 0.6) is 5.75 Å². The van der Waals surface area contributed by atoms with Crippen molar-refractivity contribution in [3.63, 3.8) is 0 Å². The van der Waals surface area contributed by atoms with E-state index in [0.29, 0.717) is 11.3 Å². The zero-order valence-corrected chi connectivity index (χ0v) is 31.9. The summed E-state index contributed by atoms with van der Waals surface area (Å²) in [5.41, 5.74) is 6.77. The van der Waals surface area contributed by atoms with Crippen LogP contribution in [0.1, 0.15) is 52.3 Å². The highest BCUT2D eigenvalue weighted by atomic mass is 31.2. The molecule has 0 aliphatic carbocycles. The maximum Gasteiger partial charge on any atom is 0.524 e. The molecule has 2 rings (SSSR count). The molecule has 0 saturated carbocycles. The topological polar surface area (TPSA) is 345 Å². The molecule has 2 aromatic rings. The maximum atomic E-state index is 13.8. The number of carbonyl (C=O) groups excluding carboxylic acids is 5. The Morgan fingerprint density at radius 1 is 0.800 bits per heavy atom. The number of aromatic amines is 1. The standard InChI is InChI=1S/C33H51N8O13P/c1-16(2)10-23(29(45)40-26(17(3)4)33(49)50)38-32(48)27(18(5)43)41-30(46)24(11-19-6-8-21(9-7-19)54-55(51,52)53)37-31(47)25(14-42)39-28(44)22(34)12-20-13-35-15-36-20/h6-9,13,15-18,22-27,42-43H,10-12,14,34H2,1-5H3,(H,35,36)(H,37,47)(H,38,48)(H,39,44)(H,40,45)(H,41,46)(H,49,50)(H2,51,52,53)/t18-,22+,23+,24+,25+,26+,27+/m1/s1. The number of phosphoric ester groups is 1. The third kappa shape index (κ3) is 15.8. The number of nitrogens with two attached hydrogens (primary N) is 1. The summed E-state index contributed by atoms with van der Waals surface area (Å²) in [7, 11) is -4.90. The summed E-state index contributed by atoms with van der Waals surface area (Å²) in [6.07, 6.45) is 0.984. The molecule has 0 saturated heterocycles. The number of carbonyl (C=O) groups is 6. The number of amides is 5. The molecule has 0 bridgehead atoms. The second-order valence-corrected chi connectivity index (χ2v) is 14.8. The fraction of sp³-hybridized carbons (Fsp3) is 0.545. The third-order valence-electron chi connectivity index (χ3n) is 8.00. The Morgan fingerprint density at radius 3 is 1.84 bits per heavy atom. The second-order valence-electron chi connectivity index (χ2n) is 13.6. The van der Waals surface area contributed by atoms with Gasteiger partial charge in [0.1, 0.15) is 36.0 Å². The van der Waals surface area contributed by atoms with E-state index in [9.17, 15) is 48.7 Å². The summed E-state index contributed by atoms with van der Waals surface area (Å²) < 4.78 is 15.8. The SMILES string of the molecule is CC(C)C[C@H](NC(=O)[C@@H](NC(=O)[C@H](Cc1ccc(OP(=O)(O)O)cc1)NC(=O)[C@H](CO)NC(=O)[C@@H](N)Cc1cnc[nH]1)[C@@H](C)O)C(=O)N[C@H](C(=O)O)C(C)C. The van der Waals surface area contributed by atoms with Gasteiger partial charge in [0.2, 0.25) is 29.5 Å². The number of nitrogens with zero attached hydrogens (tertiary/aromatic N) is 1. The van der Waals surface area contributed by atoms with Crippen molar-refractivity contribution in [1.82, 2.24) is 36.6 Å². The van der Waals surface area contributed by atoms with E-state index >= 15 is 0 Å². The van der Waals surface area contributed by atoms with E-state index in [-0.39, 0.29) is 30.9 Å². The van der Waals surface area contributed by atoms with E-state index < -0.39 is 98.2 Å². The lowest BCUT2D eigenvalue weighted by Gasteiger charge is -2.29. The number of aliphatic carboxylic acids is 1. The number of rotatable bonds is 22. The first-order chi connectivity index (χ1) is 25.6. The van der Waals surface area contributed by atoms with Gasteiger partial charge in [-0.3, -0.25) is 33.8 Å². The van der Waals surface area contributed by atoms with Gasteiger partial charge in [-0.1, -0.05) is 39.8 Å². The highest BCUT2D eigenvalue weighted by Gasteiger charge is 2.35. The Balaban J connectivity index is 2.35. The highest BCUT2D eigenvalue weighted by molar-refractivity contribution is 7.46. The van der Waals surface area contributed by atoms with Gasteiger partial charge in [0.05, 0.1) is 25.1 Å². The number of H-pyrrole nitrogens is 1. The number of nitrogens with one attached hydrogen (secondary N) is 6. The minimum absolute atomic E-state index is 0.0126. The normalized spacial score (nSPS) is 15.4. The summed E-state index contributed by atoms with van der Waals surface area (Å²) in [6, 6.07) is -3.59. The van der Waals surface area contributed by atoms with E-state index in [4.69, 9.17) is 15.5 Å². The molecule has 0 radical (unpaired) electrons. The van der Waals surface area contributed by atoms with Crippen molar-refractivity contribution >= 4 is 43.3 Å². The number of carboxylic acids is 1. The Kier molecular flexibility index (Phi) is 17.9. The molecule has 21 nitrogen and oxygen atoms in total. The molecule has 22 heteroatoms. The number of hydrogen-bond donors (Lipinski definition) is 12. The number of hydrogen-bond acceptors (Lipinski definition) is 12. The van der Waals surface area contributed by atoms with Gasteiger partial charge in [0, 0.05) is 24.7 Å². The number of aliphatic hydroxyl groups is 2. The van der Waals surface area contributed by atoms with Gasteiger partial charge in [0.15, 0.2) is 0 Å². The maximum absolute atomic E-state index is 13.8. The summed E-state index contributed by atoms with van der Waals surface area (Å²) in [6.45, 7) is 6.94. The van der Waals surface area contributed by atoms with Crippen LogP contribution >= 0.6 is 7.82 Å². The molecule has 1 aromatic carbocycles. The lowest BCUT2D eigenvalue weighted by molar-refractivity contribution is -0.143. The minimum Gasteiger partial charge on any atom is -0.480 e. The zero-order chi connectivity index (χ0) is 41.6. The minimum atomic E-state index is -4.90. The number of benzene rings is 1. The van der Waals surface area contributed by atoms with Crippen molar-refractivity contribution < 1.29 is 63.0 Å². The van der Waals surface area contributed by atoms with Crippen LogP contribution in [0.3, 0.4) is 0 Å². The Bertz CT molecular complexity index is 1650. The average Bonchev–Trinajstić information content (AvgIpc) is 3.59. The van der Waals surface area contributed by atoms with Crippen molar-refractivity contribution in [2.75, 3.05) is 6.61 Å². The summed E-state index contributed by atoms with van der Waals surface area (Å²) in [4.78, 5) is 103. The molecule has 0 fully saturated rings. The second kappa shape index (κ2) is 21.2. The lowest BCUT2D eigenvalue weighted by atomic mass is 9.99. The highest BCUT2D eigenvalue weighted by Crippen LogP contribution is 2.37. The smallest absolute Gasteiger partial charge is 0.480 e. The van der Waals surface area contributed by atoms with E-state index in [1.165, 1.54) is 43.7 Å². The van der Waals surface area contributed by atoms with Crippen LogP contribution in [-0.4, -0.2) is 120 Å². The molecule has 13 N–H and O–H groups in total. The van der Waals surface area contributed by atoms with Gasteiger partial charge in [-0.25, -0.2) is 14.3 Å². The molecule has 306 valence electrons. The van der Waals surface area contributed by atoms with E-state index in [0.717, 1.165) is 0 Å². The Labute approximate surface area is 316 Å². The van der Waals surface area contributed by atoms with Crippen molar-refractivity contribution in [2.45, 2.75) is 96.2 Å². The van der Waals surface area contributed by atoms with Gasteiger partial charge >= 0.3 is 13.8 Å². The largest absolute Gasteiger partial charge is 0.524 e. The molecule has 0 aliphatic heterocycles. The number of aromatic nitrogens is 2. The number of imidazole rings is 1. The molecule has 0 aliphatic rings. The number of aliphatic hydroxyl groups excluding tert-OH is 2. The van der Waals surface area contributed by atoms with Gasteiger partial charge in [-0.2, -0.15) is 0 Å². The molecular formula is C33H51N8O13P. The fourth-order valence-corrected chi connectivity index (χ4v) is 5.53. The van der Waals surface area contributed by atoms with Crippen LogP contribution in [0.2, 0.25) is 0 Å². The molecule has 0 unspecified atom stereocenters. The Morgan fingerprint density at radius 2 is 1.35 bits per heavy atom. The van der Waals surface area contributed by atoms with Crippen LogP contribution in [0.25, 0.3) is 0 Å².